The summed E-state index contributed by atoms with van der Waals surface area (Å²) >= 11 is 0. The predicted octanol–water partition coefficient (Wildman–Crippen LogP) is 3.55. The molecule has 0 fully saturated rings. The van der Waals surface area contributed by atoms with E-state index in [1.165, 1.54) is 11.1 Å². The third kappa shape index (κ3) is 4.22. The van der Waals surface area contributed by atoms with Crippen molar-refractivity contribution >= 4 is 5.78 Å². The van der Waals surface area contributed by atoms with Crippen LogP contribution < -0.4 is 4.74 Å². The van der Waals surface area contributed by atoms with Gasteiger partial charge in [-0.2, -0.15) is 0 Å². The van der Waals surface area contributed by atoms with Gasteiger partial charge in [-0.1, -0.05) is 31.5 Å². The number of rotatable bonds is 5. The van der Waals surface area contributed by atoms with Crippen LogP contribution in [0.25, 0.3) is 0 Å². The monoisotopic (exact) mass is 234 g/mol. The quantitative estimate of drug-likeness (QED) is 0.778. The molecule has 1 aromatic rings. The molecule has 0 spiro atoms. The molecule has 0 unspecified atom stereocenters. The summed E-state index contributed by atoms with van der Waals surface area (Å²) in [4.78, 5) is 11.2. The van der Waals surface area contributed by atoms with Gasteiger partial charge in [0.2, 0.25) is 0 Å². The first-order valence-electron chi connectivity index (χ1n) is 5.97. The Morgan fingerprint density at radius 1 is 1.35 bits per heavy atom. The maximum absolute atomic E-state index is 11.2. The molecule has 0 heterocycles. The molecule has 0 bridgehead atoms. The van der Waals surface area contributed by atoms with Gasteiger partial charge in [0.1, 0.15) is 11.5 Å². The largest absolute Gasteiger partial charge is 0.496 e. The van der Waals surface area contributed by atoms with E-state index in [1.54, 1.807) is 14.0 Å². The van der Waals surface area contributed by atoms with E-state index in [-0.39, 0.29) is 11.2 Å². The lowest BCUT2D eigenvalue weighted by molar-refractivity contribution is -0.118. The van der Waals surface area contributed by atoms with Crippen molar-refractivity contribution in [1.82, 2.24) is 0 Å². The molecule has 0 aromatic heterocycles. The zero-order valence-corrected chi connectivity index (χ0v) is 11.5. The molecule has 0 radical (unpaired) electrons. The van der Waals surface area contributed by atoms with Crippen LogP contribution in [0.15, 0.2) is 18.2 Å². The standard InChI is InChI=1S/C15H22O2/c1-11-6-7-14(17-5)13(8-11)10-15(3,4)9-12(2)16/h6-8H,9-10H2,1-5H3. The van der Waals surface area contributed by atoms with Crippen LogP contribution in [0.3, 0.4) is 0 Å². The molecule has 1 rings (SSSR count). The van der Waals surface area contributed by atoms with Crippen LogP contribution in [0.4, 0.5) is 0 Å². The van der Waals surface area contributed by atoms with E-state index in [9.17, 15) is 4.79 Å². The van der Waals surface area contributed by atoms with E-state index in [0.29, 0.717) is 6.42 Å². The number of carbonyl (C=O) groups is 1. The molecule has 2 heteroatoms. The SMILES string of the molecule is COc1ccc(C)cc1CC(C)(C)CC(C)=O. The molecular formula is C15H22O2. The van der Waals surface area contributed by atoms with Crippen LogP contribution in [-0.4, -0.2) is 12.9 Å². The molecule has 1 aromatic carbocycles. The molecule has 0 N–H and O–H groups in total. The highest BCUT2D eigenvalue weighted by Crippen LogP contribution is 2.31. The number of aryl methyl sites for hydroxylation is 1. The summed E-state index contributed by atoms with van der Waals surface area (Å²) in [5, 5.41) is 0. The molecule has 0 saturated carbocycles. The van der Waals surface area contributed by atoms with Gasteiger partial charge in [0.05, 0.1) is 7.11 Å². The molecule has 0 aliphatic carbocycles. The van der Waals surface area contributed by atoms with E-state index in [0.717, 1.165) is 12.2 Å². The Morgan fingerprint density at radius 2 is 2.00 bits per heavy atom. The van der Waals surface area contributed by atoms with Crippen molar-refractivity contribution in [3.63, 3.8) is 0 Å². The Balaban J connectivity index is 2.93. The van der Waals surface area contributed by atoms with E-state index in [1.807, 2.05) is 12.1 Å². The fourth-order valence-electron chi connectivity index (χ4n) is 2.30. The molecule has 0 atom stereocenters. The van der Waals surface area contributed by atoms with Crippen molar-refractivity contribution in [2.75, 3.05) is 7.11 Å². The van der Waals surface area contributed by atoms with Crippen molar-refractivity contribution < 1.29 is 9.53 Å². The van der Waals surface area contributed by atoms with E-state index >= 15 is 0 Å². The maximum Gasteiger partial charge on any atom is 0.130 e. The second-order valence-corrected chi connectivity index (χ2v) is 5.54. The predicted molar refractivity (Wildman–Crippen MR) is 70.5 cm³/mol. The van der Waals surface area contributed by atoms with Gasteiger partial charge in [-0.3, -0.25) is 0 Å². The minimum absolute atomic E-state index is 0.0209. The Kier molecular flexibility index (Phi) is 4.33. The van der Waals surface area contributed by atoms with E-state index in [4.69, 9.17) is 4.74 Å². The van der Waals surface area contributed by atoms with Crippen molar-refractivity contribution in [3.8, 4) is 5.75 Å². The van der Waals surface area contributed by atoms with Gasteiger partial charge < -0.3 is 9.53 Å². The summed E-state index contributed by atoms with van der Waals surface area (Å²) < 4.78 is 5.37. The van der Waals surface area contributed by atoms with Gasteiger partial charge in [-0.15, -0.1) is 0 Å². The number of hydrogen-bond donors (Lipinski definition) is 0. The van der Waals surface area contributed by atoms with Crippen LogP contribution in [0.2, 0.25) is 0 Å². The fourth-order valence-corrected chi connectivity index (χ4v) is 2.30. The lowest BCUT2D eigenvalue weighted by atomic mass is 9.81. The zero-order chi connectivity index (χ0) is 13.1. The number of ether oxygens (including phenoxy) is 1. The number of benzene rings is 1. The minimum Gasteiger partial charge on any atom is -0.496 e. The molecule has 0 saturated heterocycles. The van der Waals surface area contributed by atoms with Gasteiger partial charge in [0.25, 0.3) is 0 Å². The summed E-state index contributed by atoms with van der Waals surface area (Å²) in [7, 11) is 1.69. The van der Waals surface area contributed by atoms with Crippen molar-refractivity contribution in [2.24, 2.45) is 5.41 Å². The van der Waals surface area contributed by atoms with Crippen LogP contribution in [0.1, 0.15) is 38.3 Å². The average Bonchev–Trinajstić information content (AvgIpc) is 2.14. The average molecular weight is 234 g/mol. The van der Waals surface area contributed by atoms with Crippen LogP contribution >= 0.6 is 0 Å². The highest BCUT2D eigenvalue weighted by Gasteiger charge is 2.22. The van der Waals surface area contributed by atoms with Gasteiger partial charge in [0, 0.05) is 6.42 Å². The van der Waals surface area contributed by atoms with Crippen molar-refractivity contribution in [1.29, 1.82) is 0 Å². The van der Waals surface area contributed by atoms with Gasteiger partial charge in [-0.05, 0) is 37.3 Å². The van der Waals surface area contributed by atoms with Crippen LogP contribution in [-0.2, 0) is 11.2 Å². The number of Topliss-reactive ketones (excluding diaryl/α,β-unsaturated/α-hetero) is 1. The summed E-state index contributed by atoms with van der Waals surface area (Å²) in [6.45, 7) is 7.96. The lowest BCUT2D eigenvalue weighted by Crippen LogP contribution is -2.19. The number of methoxy groups -OCH3 is 1. The van der Waals surface area contributed by atoms with Crippen LogP contribution in [0, 0.1) is 12.3 Å². The van der Waals surface area contributed by atoms with Crippen molar-refractivity contribution in [3.05, 3.63) is 29.3 Å². The van der Waals surface area contributed by atoms with Crippen LogP contribution in [0.5, 0.6) is 5.75 Å². The summed E-state index contributed by atoms with van der Waals surface area (Å²) in [5.74, 6) is 1.15. The molecule has 17 heavy (non-hydrogen) atoms. The minimum atomic E-state index is -0.0209. The third-order valence-corrected chi connectivity index (χ3v) is 2.83. The van der Waals surface area contributed by atoms with Gasteiger partial charge >= 0.3 is 0 Å². The van der Waals surface area contributed by atoms with Crippen molar-refractivity contribution in [2.45, 2.75) is 40.5 Å². The number of hydrogen-bond acceptors (Lipinski definition) is 2. The Bertz CT molecular complexity index is 405. The van der Waals surface area contributed by atoms with Gasteiger partial charge in [0.15, 0.2) is 0 Å². The molecule has 0 amide bonds. The second-order valence-electron chi connectivity index (χ2n) is 5.54. The molecule has 0 aliphatic heterocycles. The topological polar surface area (TPSA) is 26.3 Å². The first-order valence-corrected chi connectivity index (χ1v) is 5.97. The van der Waals surface area contributed by atoms with Gasteiger partial charge in [-0.25, -0.2) is 0 Å². The maximum atomic E-state index is 11.2. The zero-order valence-electron chi connectivity index (χ0n) is 11.5. The summed E-state index contributed by atoms with van der Waals surface area (Å²) in [6.07, 6.45) is 1.46. The third-order valence-electron chi connectivity index (χ3n) is 2.83. The Hall–Kier alpha value is -1.31. The summed E-state index contributed by atoms with van der Waals surface area (Å²) in [5.41, 5.74) is 2.38. The first-order chi connectivity index (χ1) is 7.84. The smallest absolute Gasteiger partial charge is 0.130 e. The van der Waals surface area contributed by atoms with E-state index in [2.05, 4.69) is 26.8 Å². The molecule has 0 aliphatic rings. The molecule has 94 valence electrons. The Labute approximate surface area is 104 Å². The lowest BCUT2D eigenvalue weighted by Gasteiger charge is -2.24. The number of carbonyl (C=O) groups excluding carboxylic acids is 1. The molecule has 2 nitrogen and oxygen atoms in total. The second kappa shape index (κ2) is 5.35. The summed E-state index contributed by atoms with van der Waals surface area (Å²) in [6, 6.07) is 6.18. The molecular weight excluding hydrogens is 212 g/mol. The Morgan fingerprint density at radius 3 is 2.53 bits per heavy atom. The van der Waals surface area contributed by atoms with E-state index < -0.39 is 0 Å². The highest BCUT2D eigenvalue weighted by atomic mass is 16.5. The highest BCUT2D eigenvalue weighted by molar-refractivity contribution is 5.76. The number of ketones is 1. The first kappa shape index (κ1) is 13.8. The fraction of sp³-hybridized carbons (Fsp3) is 0.533. The normalized spacial score (nSPS) is 11.4.